The van der Waals surface area contributed by atoms with Crippen molar-refractivity contribution >= 4 is 0 Å². The second kappa shape index (κ2) is 3.73. The third-order valence-electron chi connectivity index (χ3n) is 7.16. The van der Waals surface area contributed by atoms with Crippen LogP contribution in [0.2, 0.25) is 0 Å². The molecule has 2 unspecified atom stereocenters. The molecule has 0 heterocycles. The maximum Gasteiger partial charge on any atom is 0.0571 e. The van der Waals surface area contributed by atoms with Gasteiger partial charge in [-0.05, 0) is 60.7 Å². The Bertz CT molecular complexity index is 309. The molecule has 0 saturated heterocycles. The summed E-state index contributed by atoms with van der Waals surface area (Å²) in [5.41, 5.74) is 1.01. The number of aliphatic hydroxyl groups excluding tert-OH is 1. The van der Waals surface area contributed by atoms with Crippen LogP contribution < -0.4 is 0 Å². The highest BCUT2D eigenvalue weighted by atomic mass is 16.3. The minimum absolute atomic E-state index is 0.000671. The quantitative estimate of drug-likeness (QED) is 0.729. The third kappa shape index (κ3) is 1.47. The second-order valence-corrected chi connectivity index (χ2v) is 7.73. The Morgan fingerprint density at radius 2 is 1.71 bits per heavy atom. The summed E-state index contributed by atoms with van der Waals surface area (Å²) < 4.78 is 0. The zero-order valence-corrected chi connectivity index (χ0v) is 11.7. The lowest BCUT2D eigenvalue weighted by Crippen LogP contribution is -2.41. The van der Waals surface area contributed by atoms with Gasteiger partial charge < -0.3 is 5.11 Å². The van der Waals surface area contributed by atoms with Crippen LogP contribution in [0.4, 0.5) is 0 Å². The standard InChI is InChI=1S/C16H28O/c1-15(2)11-8-9-16(15,3)13(10-11)12-6-4-5-7-14(12)17/h11-14,17H,4-10H2,1-3H3/t11-,12?,13+,14?,16+/m0/s1. The normalized spacial score (nSPS) is 52.9. The van der Waals surface area contributed by atoms with Crippen LogP contribution in [0.3, 0.4) is 0 Å². The summed E-state index contributed by atoms with van der Waals surface area (Å²) >= 11 is 0. The second-order valence-electron chi connectivity index (χ2n) is 7.73. The molecule has 2 bridgehead atoms. The largest absolute Gasteiger partial charge is 0.393 e. The maximum absolute atomic E-state index is 10.3. The van der Waals surface area contributed by atoms with Crippen LogP contribution in [-0.4, -0.2) is 11.2 Å². The van der Waals surface area contributed by atoms with Crippen molar-refractivity contribution in [3.05, 3.63) is 0 Å². The van der Waals surface area contributed by atoms with E-state index >= 15 is 0 Å². The van der Waals surface area contributed by atoms with Crippen LogP contribution >= 0.6 is 0 Å². The molecule has 0 spiro atoms. The molecule has 0 aromatic heterocycles. The number of aliphatic hydroxyl groups is 1. The van der Waals surface area contributed by atoms with E-state index in [0.29, 0.717) is 16.7 Å². The van der Waals surface area contributed by atoms with Crippen LogP contribution in [0.5, 0.6) is 0 Å². The van der Waals surface area contributed by atoms with E-state index in [1.165, 1.54) is 38.5 Å². The summed E-state index contributed by atoms with van der Waals surface area (Å²) in [7, 11) is 0. The van der Waals surface area contributed by atoms with Crippen molar-refractivity contribution in [2.24, 2.45) is 28.6 Å². The van der Waals surface area contributed by atoms with E-state index in [4.69, 9.17) is 0 Å². The molecule has 0 aromatic rings. The first kappa shape index (κ1) is 12.0. The fraction of sp³-hybridized carbons (Fsp3) is 1.00. The van der Waals surface area contributed by atoms with Gasteiger partial charge in [-0.2, -0.15) is 0 Å². The molecule has 1 nitrogen and oxygen atoms in total. The molecule has 3 fully saturated rings. The van der Waals surface area contributed by atoms with Crippen molar-refractivity contribution in [3.63, 3.8) is 0 Å². The molecule has 3 saturated carbocycles. The van der Waals surface area contributed by atoms with Crippen molar-refractivity contribution < 1.29 is 5.11 Å². The van der Waals surface area contributed by atoms with Crippen LogP contribution in [0, 0.1) is 28.6 Å². The molecule has 98 valence electrons. The number of rotatable bonds is 1. The molecule has 3 rings (SSSR count). The van der Waals surface area contributed by atoms with Crippen molar-refractivity contribution in [1.82, 2.24) is 0 Å². The molecular weight excluding hydrogens is 208 g/mol. The van der Waals surface area contributed by atoms with Gasteiger partial charge in [-0.15, -0.1) is 0 Å². The summed E-state index contributed by atoms with van der Waals surface area (Å²) in [6.07, 6.45) is 9.16. The average molecular weight is 236 g/mol. The topological polar surface area (TPSA) is 20.2 Å². The Hall–Kier alpha value is -0.0400. The first-order valence-electron chi connectivity index (χ1n) is 7.65. The summed E-state index contributed by atoms with van der Waals surface area (Å²) in [6.45, 7) is 7.49. The van der Waals surface area contributed by atoms with E-state index in [1.807, 2.05) is 0 Å². The van der Waals surface area contributed by atoms with Gasteiger partial charge in [0.25, 0.3) is 0 Å². The minimum atomic E-state index is 0.000671. The van der Waals surface area contributed by atoms with Crippen LogP contribution in [0.1, 0.15) is 65.7 Å². The molecular formula is C16H28O. The molecule has 0 radical (unpaired) electrons. The molecule has 3 aliphatic carbocycles. The predicted molar refractivity (Wildman–Crippen MR) is 70.7 cm³/mol. The number of hydrogen-bond donors (Lipinski definition) is 1. The van der Waals surface area contributed by atoms with Crippen LogP contribution in [-0.2, 0) is 0 Å². The highest BCUT2D eigenvalue weighted by Crippen LogP contribution is 2.70. The third-order valence-corrected chi connectivity index (χ3v) is 7.16. The number of hydrogen-bond acceptors (Lipinski definition) is 1. The molecule has 3 aliphatic rings. The SMILES string of the molecule is CC1(C)[C@H]2CC[C@]1(C)[C@@H](C1CCCCC1O)C2. The maximum atomic E-state index is 10.3. The van der Waals surface area contributed by atoms with E-state index < -0.39 is 0 Å². The summed E-state index contributed by atoms with van der Waals surface area (Å²) in [4.78, 5) is 0. The summed E-state index contributed by atoms with van der Waals surface area (Å²) in [5.74, 6) is 2.33. The zero-order valence-electron chi connectivity index (χ0n) is 11.7. The first-order chi connectivity index (χ1) is 7.97. The van der Waals surface area contributed by atoms with Gasteiger partial charge in [0.05, 0.1) is 6.10 Å². The van der Waals surface area contributed by atoms with Gasteiger partial charge in [0.1, 0.15) is 0 Å². The lowest BCUT2D eigenvalue weighted by Gasteiger charge is -2.45. The highest BCUT2D eigenvalue weighted by Gasteiger charge is 2.63. The van der Waals surface area contributed by atoms with E-state index in [2.05, 4.69) is 20.8 Å². The fourth-order valence-electron chi connectivity index (χ4n) is 5.52. The van der Waals surface area contributed by atoms with Gasteiger partial charge >= 0.3 is 0 Å². The predicted octanol–water partition coefficient (Wildman–Crippen LogP) is 4.00. The monoisotopic (exact) mass is 236 g/mol. The lowest BCUT2D eigenvalue weighted by molar-refractivity contribution is -0.0209. The van der Waals surface area contributed by atoms with Gasteiger partial charge in [0, 0.05) is 0 Å². The first-order valence-corrected chi connectivity index (χ1v) is 7.65. The van der Waals surface area contributed by atoms with Crippen molar-refractivity contribution in [2.45, 2.75) is 71.8 Å². The number of fused-ring (bicyclic) bond motifs is 2. The van der Waals surface area contributed by atoms with E-state index in [1.54, 1.807) is 0 Å². The smallest absolute Gasteiger partial charge is 0.0571 e. The molecule has 0 aromatic carbocycles. The Morgan fingerprint density at radius 3 is 2.24 bits per heavy atom. The highest BCUT2D eigenvalue weighted by molar-refractivity contribution is 5.12. The molecule has 1 heteroatoms. The Balaban J connectivity index is 1.86. The molecule has 5 atom stereocenters. The van der Waals surface area contributed by atoms with Gasteiger partial charge in [-0.3, -0.25) is 0 Å². The Kier molecular flexibility index (Phi) is 2.63. The van der Waals surface area contributed by atoms with E-state index in [9.17, 15) is 5.11 Å². The summed E-state index contributed by atoms with van der Waals surface area (Å²) in [6, 6.07) is 0. The zero-order chi connectivity index (χ0) is 12.3. The van der Waals surface area contributed by atoms with Gasteiger partial charge in [-0.1, -0.05) is 33.6 Å². The molecule has 17 heavy (non-hydrogen) atoms. The summed E-state index contributed by atoms with van der Waals surface area (Å²) in [5, 5.41) is 10.3. The van der Waals surface area contributed by atoms with Gasteiger partial charge in [0.2, 0.25) is 0 Å². The fourth-order valence-corrected chi connectivity index (χ4v) is 5.52. The van der Waals surface area contributed by atoms with E-state index in [-0.39, 0.29) is 6.10 Å². The van der Waals surface area contributed by atoms with Gasteiger partial charge in [-0.25, -0.2) is 0 Å². The van der Waals surface area contributed by atoms with Crippen molar-refractivity contribution in [3.8, 4) is 0 Å². The van der Waals surface area contributed by atoms with Crippen molar-refractivity contribution in [2.75, 3.05) is 0 Å². The lowest BCUT2D eigenvalue weighted by atomic mass is 9.60. The van der Waals surface area contributed by atoms with Crippen molar-refractivity contribution in [1.29, 1.82) is 0 Å². The minimum Gasteiger partial charge on any atom is -0.393 e. The van der Waals surface area contributed by atoms with Gasteiger partial charge in [0.15, 0.2) is 0 Å². The Morgan fingerprint density at radius 1 is 1.00 bits per heavy atom. The van der Waals surface area contributed by atoms with Crippen LogP contribution in [0.15, 0.2) is 0 Å². The van der Waals surface area contributed by atoms with E-state index in [0.717, 1.165) is 18.3 Å². The molecule has 0 amide bonds. The molecule has 0 aliphatic heterocycles. The molecule has 1 N–H and O–H groups in total. The average Bonchev–Trinajstić information content (AvgIpc) is 2.62. The van der Waals surface area contributed by atoms with Crippen LogP contribution in [0.25, 0.3) is 0 Å². The Labute approximate surface area is 106 Å².